The largest absolute Gasteiger partial charge is 0.387 e. The van der Waals surface area contributed by atoms with Crippen LogP contribution in [0.1, 0.15) is 30.9 Å². The van der Waals surface area contributed by atoms with Gasteiger partial charge in [-0.1, -0.05) is 18.6 Å². The van der Waals surface area contributed by atoms with Gasteiger partial charge < -0.3 is 10.0 Å². The lowest BCUT2D eigenvalue weighted by molar-refractivity contribution is 0.00796. The van der Waals surface area contributed by atoms with Gasteiger partial charge in [-0.05, 0) is 30.5 Å². The zero-order valence-electron chi connectivity index (χ0n) is 10.3. The molecule has 1 saturated carbocycles. The summed E-state index contributed by atoms with van der Waals surface area (Å²) in [5.41, 5.74) is 1.40. The van der Waals surface area contributed by atoms with E-state index < -0.39 is 11.5 Å². The van der Waals surface area contributed by atoms with Crippen LogP contribution >= 0.6 is 0 Å². The maximum Gasteiger partial charge on any atom is 0.0976 e. The standard InChI is InChI=1S/C14H18N2O/c1-16(2)12-6-4-11(5-7-12)13(17)14(10-15)8-3-9-14/h4-7,13,17H,3,8-9H2,1-2H3. The third-order valence-corrected chi connectivity index (χ3v) is 3.72. The fourth-order valence-corrected chi connectivity index (χ4v) is 2.28. The third-order valence-electron chi connectivity index (χ3n) is 3.72. The van der Waals surface area contributed by atoms with Crippen molar-refractivity contribution in [1.82, 2.24) is 0 Å². The Morgan fingerprint density at radius 3 is 2.24 bits per heavy atom. The first-order valence-corrected chi connectivity index (χ1v) is 5.96. The normalized spacial score (nSPS) is 18.9. The summed E-state index contributed by atoms with van der Waals surface area (Å²) in [4.78, 5) is 2.01. The Morgan fingerprint density at radius 2 is 1.88 bits per heavy atom. The van der Waals surface area contributed by atoms with Gasteiger partial charge in [0, 0.05) is 19.8 Å². The van der Waals surface area contributed by atoms with Crippen LogP contribution in [-0.2, 0) is 0 Å². The molecule has 2 rings (SSSR count). The average molecular weight is 230 g/mol. The van der Waals surface area contributed by atoms with Gasteiger partial charge in [0.2, 0.25) is 0 Å². The number of anilines is 1. The average Bonchev–Trinajstić information content (AvgIpc) is 2.28. The molecule has 1 aliphatic rings. The van der Waals surface area contributed by atoms with Crippen molar-refractivity contribution >= 4 is 5.69 Å². The molecule has 0 amide bonds. The van der Waals surface area contributed by atoms with Crippen molar-refractivity contribution in [2.24, 2.45) is 5.41 Å². The quantitative estimate of drug-likeness (QED) is 0.867. The van der Waals surface area contributed by atoms with Crippen molar-refractivity contribution < 1.29 is 5.11 Å². The molecule has 1 N–H and O–H groups in total. The van der Waals surface area contributed by atoms with Crippen LogP contribution < -0.4 is 4.90 Å². The Kier molecular flexibility index (Phi) is 3.08. The summed E-state index contributed by atoms with van der Waals surface area (Å²) in [6, 6.07) is 10.1. The number of aliphatic hydroxyl groups excluding tert-OH is 1. The monoisotopic (exact) mass is 230 g/mol. The minimum absolute atomic E-state index is 0.542. The molecule has 1 fully saturated rings. The number of nitriles is 1. The van der Waals surface area contributed by atoms with Crippen molar-refractivity contribution in [3.8, 4) is 6.07 Å². The van der Waals surface area contributed by atoms with Crippen molar-refractivity contribution in [2.45, 2.75) is 25.4 Å². The van der Waals surface area contributed by atoms with E-state index in [9.17, 15) is 10.4 Å². The highest BCUT2D eigenvalue weighted by atomic mass is 16.3. The molecule has 0 heterocycles. The summed E-state index contributed by atoms with van der Waals surface area (Å²) in [5.74, 6) is 0. The van der Waals surface area contributed by atoms with Gasteiger partial charge in [-0.2, -0.15) is 5.26 Å². The molecular weight excluding hydrogens is 212 g/mol. The van der Waals surface area contributed by atoms with Crippen molar-refractivity contribution in [2.75, 3.05) is 19.0 Å². The molecule has 1 aromatic rings. The fourth-order valence-electron chi connectivity index (χ4n) is 2.28. The predicted molar refractivity (Wildman–Crippen MR) is 67.6 cm³/mol. The van der Waals surface area contributed by atoms with Crippen molar-refractivity contribution in [3.05, 3.63) is 29.8 Å². The van der Waals surface area contributed by atoms with Gasteiger partial charge in [0.15, 0.2) is 0 Å². The first-order valence-electron chi connectivity index (χ1n) is 5.96. The Hall–Kier alpha value is -1.53. The van der Waals surface area contributed by atoms with Crippen LogP contribution in [0.25, 0.3) is 0 Å². The van der Waals surface area contributed by atoms with Gasteiger partial charge >= 0.3 is 0 Å². The van der Waals surface area contributed by atoms with Crippen molar-refractivity contribution in [1.29, 1.82) is 5.26 Å². The SMILES string of the molecule is CN(C)c1ccc(C(O)C2(C#N)CCC2)cc1. The number of hydrogen-bond acceptors (Lipinski definition) is 3. The zero-order chi connectivity index (χ0) is 12.5. The summed E-state index contributed by atoms with van der Waals surface area (Å²) in [7, 11) is 3.96. The van der Waals surface area contributed by atoms with Crippen molar-refractivity contribution in [3.63, 3.8) is 0 Å². The second-order valence-corrected chi connectivity index (χ2v) is 5.01. The molecule has 0 aliphatic heterocycles. The van der Waals surface area contributed by atoms with E-state index in [0.29, 0.717) is 0 Å². The number of hydrogen-bond donors (Lipinski definition) is 1. The lowest BCUT2D eigenvalue weighted by Gasteiger charge is -2.39. The van der Waals surface area contributed by atoms with Crippen LogP contribution in [0.2, 0.25) is 0 Å². The smallest absolute Gasteiger partial charge is 0.0976 e. The molecule has 0 saturated heterocycles. The van der Waals surface area contributed by atoms with Gasteiger partial charge in [-0.25, -0.2) is 0 Å². The number of aliphatic hydroxyl groups is 1. The van der Waals surface area contributed by atoms with E-state index in [-0.39, 0.29) is 0 Å². The van der Waals surface area contributed by atoms with Crippen LogP contribution in [0.4, 0.5) is 5.69 Å². The number of benzene rings is 1. The Morgan fingerprint density at radius 1 is 1.29 bits per heavy atom. The maximum absolute atomic E-state index is 10.3. The molecule has 0 radical (unpaired) electrons. The van der Waals surface area contributed by atoms with E-state index >= 15 is 0 Å². The maximum atomic E-state index is 10.3. The highest BCUT2D eigenvalue weighted by Crippen LogP contribution is 2.49. The van der Waals surface area contributed by atoms with Crippen LogP contribution in [0.5, 0.6) is 0 Å². The minimum atomic E-state index is -0.655. The Bertz CT molecular complexity index is 427. The third kappa shape index (κ3) is 2.01. The van der Waals surface area contributed by atoms with E-state index in [0.717, 1.165) is 30.5 Å². The number of rotatable bonds is 3. The zero-order valence-corrected chi connectivity index (χ0v) is 10.3. The van der Waals surface area contributed by atoms with Gasteiger partial charge in [0.05, 0.1) is 17.6 Å². The molecule has 0 aromatic heterocycles. The molecule has 1 aliphatic carbocycles. The fraction of sp³-hybridized carbons (Fsp3) is 0.500. The minimum Gasteiger partial charge on any atom is -0.387 e. The van der Waals surface area contributed by atoms with Crippen LogP contribution in [0, 0.1) is 16.7 Å². The van der Waals surface area contributed by atoms with Crippen LogP contribution in [0.15, 0.2) is 24.3 Å². The summed E-state index contributed by atoms with van der Waals surface area (Å²) >= 11 is 0. The molecule has 0 bridgehead atoms. The molecule has 1 atom stereocenters. The van der Waals surface area contributed by atoms with Crippen LogP contribution in [0.3, 0.4) is 0 Å². The highest BCUT2D eigenvalue weighted by Gasteiger charge is 2.44. The number of nitrogens with zero attached hydrogens (tertiary/aromatic N) is 2. The molecule has 1 aromatic carbocycles. The predicted octanol–water partition coefficient (Wildman–Crippen LogP) is 2.48. The van der Waals surface area contributed by atoms with Crippen LogP contribution in [-0.4, -0.2) is 19.2 Å². The lowest BCUT2D eigenvalue weighted by atomic mass is 9.65. The van der Waals surface area contributed by atoms with Gasteiger partial charge in [-0.15, -0.1) is 0 Å². The van der Waals surface area contributed by atoms with Gasteiger partial charge in [0.1, 0.15) is 0 Å². The summed E-state index contributed by atoms with van der Waals surface area (Å²) in [5, 5.41) is 19.5. The van der Waals surface area contributed by atoms with E-state index in [4.69, 9.17) is 0 Å². The Labute approximate surface area is 102 Å². The molecular formula is C14H18N2O. The van der Waals surface area contributed by atoms with E-state index in [1.165, 1.54) is 0 Å². The first-order chi connectivity index (χ1) is 8.09. The highest BCUT2D eigenvalue weighted by molar-refractivity contribution is 5.46. The second kappa shape index (κ2) is 4.38. The van der Waals surface area contributed by atoms with E-state index in [1.54, 1.807) is 0 Å². The topological polar surface area (TPSA) is 47.3 Å². The lowest BCUT2D eigenvalue weighted by Crippen LogP contribution is -2.34. The molecule has 0 spiro atoms. The molecule has 1 unspecified atom stereocenters. The molecule has 3 heteroatoms. The van der Waals surface area contributed by atoms with E-state index in [1.807, 2.05) is 43.3 Å². The van der Waals surface area contributed by atoms with Gasteiger partial charge in [-0.3, -0.25) is 0 Å². The molecule has 17 heavy (non-hydrogen) atoms. The van der Waals surface area contributed by atoms with Gasteiger partial charge in [0.25, 0.3) is 0 Å². The summed E-state index contributed by atoms with van der Waals surface area (Å²) in [6.07, 6.45) is 2.00. The van der Waals surface area contributed by atoms with E-state index in [2.05, 4.69) is 6.07 Å². The first kappa shape index (κ1) is 11.9. The summed E-state index contributed by atoms with van der Waals surface area (Å²) < 4.78 is 0. The molecule has 90 valence electrons. The summed E-state index contributed by atoms with van der Waals surface area (Å²) in [6.45, 7) is 0. The molecule has 3 nitrogen and oxygen atoms in total. The second-order valence-electron chi connectivity index (χ2n) is 5.01. The Balaban J connectivity index is 2.20.